The van der Waals surface area contributed by atoms with Crippen LogP contribution in [0.2, 0.25) is 0 Å². The second-order valence-electron chi connectivity index (χ2n) is 8.15. The van der Waals surface area contributed by atoms with Crippen LogP contribution in [0.3, 0.4) is 0 Å². The van der Waals surface area contributed by atoms with Crippen molar-refractivity contribution in [2.45, 2.75) is 83.7 Å². The Labute approximate surface area is 160 Å². The standard InChI is InChI=1S/C21H39NO4/c1-5-6-7-8-9-10-11-12-13-14-15-16-21(25)26-19(17-20(23)24)18-22(2,3)4/h15-16,19H,5-14,17-18H2,1-4H3/p+1. The third-order valence-corrected chi connectivity index (χ3v) is 4.16. The van der Waals surface area contributed by atoms with E-state index in [9.17, 15) is 9.59 Å². The average Bonchev–Trinajstić information content (AvgIpc) is 2.50. The molecule has 0 aromatic carbocycles. The zero-order valence-electron chi connectivity index (χ0n) is 17.3. The summed E-state index contributed by atoms with van der Waals surface area (Å²) in [6.07, 6.45) is 14.9. The van der Waals surface area contributed by atoms with E-state index in [0.717, 1.165) is 12.8 Å². The van der Waals surface area contributed by atoms with Gasteiger partial charge < -0.3 is 14.3 Å². The van der Waals surface area contributed by atoms with Crippen LogP contribution in [0.25, 0.3) is 0 Å². The molecule has 0 aromatic heterocycles. The summed E-state index contributed by atoms with van der Waals surface area (Å²) in [5.74, 6) is -1.39. The number of ether oxygens (including phenoxy) is 1. The monoisotopic (exact) mass is 370 g/mol. The third kappa shape index (κ3) is 17.5. The van der Waals surface area contributed by atoms with Gasteiger partial charge in [-0.05, 0) is 12.8 Å². The Kier molecular flexibility index (Phi) is 14.0. The summed E-state index contributed by atoms with van der Waals surface area (Å²) >= 11 is 0. The summed E-state index contributed by atoms with van der Waals surface area (Å²) in [7, 11) is 5.84. The van der Waals surface area contributed by atoms with Gasteiger partial charge in [0.1, 0.15) is 6.54 Å². The van der Waals surface area contributed by atoms with Crippen molar-refractivity contribution in [1.82, 2.24) is 0 Å². The zero-order valence-corrected chi connectivity index (χ0v) is 17.3. The van der Waals surface area contributed by atoms with E-state index >= 15 is 0 Å². The maximum Gasteiger partial charge on any atom is 0.330 e. The van der Waals surface area contributed by atoms with Gasteiger partial charge in [-0.3, -0.25) is 4.79 Å². The van der Waals surface area contributed by atoms with Crippen LogP contribution in [-0.4, -0.2) is 55.3 Å². The number of carbonyl (C=O) groups is 2. The summed E-state index contributed by atoms with van der Waals surface area (Å²) in [5, 5.41) is 8.95. The average molecular weight is 371 g/mol. The minimum absolute atomic E-state index is 0.159. The van der Waals surface area contributed by atoms with Crippen molar-refractivity contribution >= 4 is 11.9 Å². The van der Waals surface area contributed by atoms with Crippen molar-refractivity contribution in [1.29, 1.82) is 0 Å². The number of carbonyl (C=O) groups excluding carboxylic acids is 1. The molecular weight excluding hydrogens is 330 g/mol. The molecule has 5 nitrogen and oxygen atoms in total. The van der Waals surface area contributed by atoms with E-state index in [2.05, 4.69) is 6.92 Å². The highest BCUT2D eigenvalue weighted by Gasteiger charge is 2.23. The van der Waals surface area contributed by atoms with Gasteiger partial charge in [0.15, 0.2) is 6.10 Å². The summed E-state index contributed by atoms with van der Waals surface area (Å²) in [6, 6.07) is 0. The molecule has 0 aliphatic rings. The van der Waals surface area contributed by atoms with Crippen molar-refractivity contribution in [2.24, 2.45) is 0 Å². The van der Waals surface area contributed by atoms with Crippen LogP contribution < -0.4 is 0 Å². The Balaban J connectivity index is 3.87. The molecule has 5 heteroatoms. The fraction of sp³-hybridized carbons (Fsp3) is 0.810. The van der Waals surface area contributed by atoms with Gasteiger partial charge in [0.25, 0.3) is 0 Å². The number of esters is 1. The first-order valence-electron chi connectivity index (χ1n) is 10.1. The fourth-order valence-corrected chi connectivity index (χ4v) is 2.91. The number of hydrogen-bond acceptors (Lipinski definition) is 3. The molecule has 0 aliphatic heterocycles. The van der Waals surface area contributed by atoms with Crippen LogP contribution in [0.4, 0.5) is 0 Å². The summed E-state index contributed by atoms with van der Waals surface area (Å²) in [6.45, 7) is 2.71. The molecule has 0 heterocycles. The largest absolute Gasteiger partial charge is 0.481 e. The lowest BCUT2D eigenvalue weighted by atomic mass is 10.1. The number of aliphatic carboxylic acids is 1. The minimum Gasteiger partial charge on any atom is -0.481 e. The molecule has 0 aliphatic carbocycles. The van der Waals surface area contributed by atoms with E-state index in [-0.39, 0.29) is 6.42 Å². The van der Waals surface area contributed by atoms with E-state index in [1.54, 1.807) is 0 Å². The number of unbranched alkanes of at least 4 members (excludes halogenated alkanes) is 9. The van der Waals surface area contributed by atoms with Gasteiger partial charge in [0.05, 0.1) is 27.6 Å². The summed E-state index contributed by atoms with van der Waals surface area (Å²) in [5.41, 5.74) is 0. The second kappa shape index (κ2) is 14.8. The number of nitrogens with zero attached hydrogens (tertiary/aromatic N) is 1. The van der Waals surface area contributed by atoms with E-state index in [4.69, 9.17) is 9.84 Å². The molecule has 0 fully saturated rings. The molecule has 26 heavy (non-hydrogen) atoms. The molecule has 0 saturated carbocycles. The molecule has 0 amide bonds. The Bertz CT molecular complexity index is 413. The first-order chi connectivity index (χ1) is 12.2. The smallest absolute Gasteiger partial charge is 0.330 e. The fourth-order valence-electron chi connectivity index (χ4n) is 2.91. The summed E-state index contributed by atoms with van der Waals surface area (Å²) < 4.78 is 5.86. The predicted molar refractivity (Wildman–Crippen MR) is 106 cm³/mol. The van der Waals surface area contributed by atoms with Gasteiger partial charge in [-0.2, -0.15) is 0 Å². The Morgan fingerprint density at radius 1 is 0.962 bits per heavy atom. The van der Waals surface area contributed by atoms with Crippen molar-refractivity contribution in [2.75, 3.05) is 27.7 Å². The first kappa shape index (κ1) is 24.6. The highest BCUT2D eigenvalue weighted by molar-refractivity contribution is 5.82. The number of hydrogen-bond donors (Lipinski definition) is 1. The summed E-state index contributed by atoms with van der Waals surface area (Å²) in [4.78, 5) is 22.8. The van der Waals surface area contributed by atoms with Crippen molar-refractivity contribution < 1.29 is 23.9 Å². The van der Waals surface area contributed by atoms with Crippen LogP contribution >= 0.6 is 0 Å². The molecule has 0 rings (SSSR count). The minimum atomic E-state index is -0.949. The van der Waals surface area contributed by atoms with Gasteiger partial charge in [-0.1, -0.05) is 64.4 Å². The van der Waals surface area contributed by atoms with Crippen LogP contribution in [0.1, 0.15) is 77.6 Å². The molecule has 0 aromatic rings. The molecular formula is C21H40NO4+. The molecule has 1 N–H and O–H groups in total. The van der Waals surface area contributed by atoms with Gasteiger partial charge in [0.2, 0.25) is 0 Å². The molecule has 0 spiro atoms. The van der Waals surface area contributed by atoms with Crippen molar-refractivity contribution in [3.05, 3.63) is 12.2 Å². The van der Waals surface area contributed by atoms with Crippen molar-refractivity contribution in [3.8, 4) is 0 Å². The number of rotatable bonds is 16. The Morgan fingerprint density at radius 2 is 1.50 bits per heavy atom. The van der Waals surface area contributed by atoms with E-state index in [1.807, 2.05) is 27.2 Å². The quantitative estimate of drug-likeness (QED) is 0.187. The molecule has 1 unspecified atom stereocenters. The number of allylic oxidation sites excluding steroid dienone is 1. The van der Waals surface area contributed by atoms with E-state index in [0.29, 0.717) is 11.0 Å². The zero-order chi connectivity index (χ0) is 19.8. The molecule has 152 valence electrons. The number of carboxylic acids is 1. The van der Waals surface area contributed by atoms with Gasteiger partial charge in [-0.15, -0.1) is 0 Å². The van der Waals surface area contributed by atoms with Gasteiger partial charge in [-0.25, -0.2) is 4.79 Å². The maximum absolute atomic E-state index is 11.9. The van der Waals surface area contributed by atoms with E-state index < -0.39 is 18.0 Å². The van der Waals surface area contributed by atoms with Crippen molar-refractivity contribution in [3.63, 3.8) is 0 Å². The first-order valence-corrected chi connectivity index (χ1v) is 10.1. The predicted octanol–water partition coefficient (Wildman–Crippen LogP) is 4.56. The number of quaternary nitrogens is 1. The van der Waals surface area contributed by atoms with Crippen LogP contribution in [0.5, 0.6) is 0 Å². The highest BCUT2D eigenvalue weighted by Crippen LogP contribution is 2.11. The molecule has 0 saturated heterocycles. The van der Waals surface area contributed by atoms with Gasteiger partial charge in [0, 0.05) is 6.08 Å². The lowest BCUT2D eigenvalue weighted by Gasteiger charge is -2.28. The topological polar surface area (TPSA) is 63.6 Å². The number of likely N-dealkylation sites (N-methyl/N-ethyl adjacent to an activating group) is 1. The second-order valence-corrected chi connectivity index (χ2v) is 8.15. The lowest BCUT2D eigenvalue weighted by Crippen LogP contribution is -2.43. The lowest BCUT2D eigenvalue weighted by molar-refractivity contribution is -0.873. The molecule has 0 bridgehead atoms. The van der Waals surface area contributed by atoms with Gasteiger partial charge >= 0.3 is 11.9 Å². The number of carboxylic acid groups (broad SMARTS) is 1. The van der Waals surface area contributed by atoms with E-state index in [1.165, 1.54) is 57.4 Å². The van der Waals surface area contributed by atoms with Crippen LogP contribution in [0.15, 0.2) is 12.2 Å². The van der Waals surface area contributed by atoms with Crippen LogP contribution in [-0.2, 0) is 14.3 Å². The normalized spacial score (nSPS) is 13.1. The molecule has 1 atom stereocenters. The molecule has 0 radical (unpaired) electrons. The Morgan fingerprint density at radius 3 is 2.00 bits per heavy atom. The maximum atomic E-state index is 11.9. The van der Waals surface area contributed by atoms with Crippen LogP contribution in [0, 0.1) is 0 Å². The highest BCUT2D eigenvalue weighted by atomic mass is 16.5. The Hall–Kier alpha value is -1.36. The SMILES string of the molecule is CCCCCCCCCCCC=CC(=O)OC(CC(=O)O)C[N+](C)(C)C. The third-order valence-electron chi connectivity index (χ3n) is 4.16.